The van der Waals surface area contributed by atoms with Crippen molar-refractivity contribution in [2.75, 3.05) is 0 Å². The molecular formula is C12H11F3N4O. The van der Waals surface area contributed by atoms with E-state index in [1.54, 1.807) is 6.92 Å². The van der Waals surface area contributed by atoms with Gasteiger partial charge in [0.2, 0.25) is 0 Å². The molecule has 0 aliphatic rings. The number of rotatable bonds is 3. The maximum absolute atomic E-state index is 12.6. The zero-order valence-corrected chi connectivity index (χ0v) is 10.4. The van der Waals surface area contributed by atoms with Crippen molar-refractivity contribution < 1.29 is 18.0 Å². The number of carbonyl (C=O) groups excluding carboxylic acids is 1. The van der Waals surface area contributed by atoms with Crippen LogP contribution in [0.2, 0.25) is 0 Å². The summed E-state index contributed by atoms with van der Waals surface area (Å²) < 4.78 is 37.7. The van der Waals surface area contributed by atoms with Crippen molar-refractivity contribution in [3.05, 3.63) is 47.5 Å². The Labute approximate surface area is 112 Å². The minimum absolute atomic E-state index is 0.0637. The van der Waals surface area contributed by atoms with Crippen LogP contribution in [0.1, 0.15) is 34.7 Å². The molecule has 1 aromatic heterocycles. The highest BCUT2D eigenvalue weighted by molar-refractivity contribution is 5.94. The third kappa shape index (κ3) is 3.14. The summed E-state index contributed by atoms with van der Waals surface area (Å²) in [6.07, 6.45) is -3.20. The molecule has 5 nitrogen and oxygen atoms in total. The van der Waals surface area contributed by atoms with Gasteiger partial charge in [-0.2, -0.15) is 18.3 Å². The van der Waals surface area contributed by atoms with Crippen LogP contribution in [0.25, 0.3) is 0 Å². The predicted octanol–water partition coefficient (Wildman–Crippen LogP) is 2.31. The van der Waals surface area contributed by atoms with E-state index in [-0.39, 0.29) is 5.56 Å². The average Bonchev–Trinajstić information content (AvgIpc) is 2.91. The first-order chi connectivity index (χ1) is 9.38. The number of H-pyrrole nitrogens is 1. The predicted molar refractivity (Wildman–Crippen MR) is 63.7 cm³/mol. The molecule has 1 aromatic carbocycles. The Kier molecular flexibility index (Phi) is 3.73. The molecule has 2 rings (SSSR count). The second-order valence-electron chi connectivity index (χ2n) is 4.14. The maximum Gasteiger partial charge on any atom is 0.416 e. The molecule has 1 atom stereocenters. The van der Waals surface area contributed by atoms with E-state index >= 15 is 0 Å². The van der Waals surface area contributed by atoms with Crippen molar-refractivity contribution in [1.82, 2.24) is 20.5 Å². The summed E-state index contributed by atoms with van der Waals surface area (Å²) in [7, 11) is 0. The fraction of sp³-hybridized carbons (Fsp3) is 0.250. The van der Waals surface area contributed by atoms with Gasteiger partial charge in [0.25, 0.3) is 5.91 Å². The average molecular weight is 284 g/mol. The van der Waals surface area contributed by atoms with Gasteiger partial charge in [0, 0.05) is 5.56 Å². The summed E-state index contributed by atoms with van der Waals surface area (Å²) in [5.41, 5.74) is -0.927. The molecule has 1 amide bonds. The molecule has 0 aliphatic heterocycles. The number of hydrogen-bond donors (Lipinski definition) is 2. The van der Waals surface area contributed by atoms with Crippen molar-refractivity contribution >= 4 is 5.91 Å². The number of aromatic nitrogens is 3. The molecular weight excluding hydrogens is 273 g/mol. The van der Waals surface area contributed by atoms with E-state index in [1.807, 2.05) is 0 Å². The number of nitrogens with zero attached hydrogens (tertiary/aromatic N) is 2. The molecule has 8 heteroatoms. The van der Waals surface area contributed by atoms with Gasteiger partial charge < -0.3 is 5.32 Å². The molecule has 0 radical (unpaired) electrons. The van der Waals surface area contributed by atoms with E-state index < -0.39 is 23.7 Å². The maximum atomic E-state index is 12.6. The van der Waals surface area contributed by atoms with Crippen molar-refractivity contribution in [1.29, 1.82) is 0 Å². The zero-order chi connectivity index (χ0) is 14.8. The van der Waals surface area contributed by atoms with Crippen molar-refractivity contribution in [2.24, 2.45) is 0 Å². The van der Waals surface area contributed by atoms with Gasteiger partial charge in [0.15, 0.2) is 0 Å². The standard InChI is InChI=1S/C12H11F3N4O/c1-7(10-16-6-17-19-10)18-11(20)8-3-2-4-9(5-8)12(13,14)15/h2-7H,1H3,(H,18,20)(H,16,17,19). The zero-order valence-electron chi connectivity index (χ0n) is 10.4. The summed E-state index contributed by atoms with van der Waals surface area (Å²) in [4.78, 5) is 15.7. The third-order valence-corrected chi connectivity index (χ3v) is 2.64. The van der Waals surface area contributed by atoms with E-state index in [2.05, 4.69) is 20.5 Å². The fourth-order valence-electron chi connectivity index (χ4n) is 1.61. The molecule has 0 saturated carbocycles. The third-order valence-electron chi connectivity index (χ3n) is 2.64. The number of benzene rings is 1. The van der Waals surface area contributed by atoms with Crippen LogP contribution in [0.4, 0.5) is 13.2 Å². The summed E-state index contributed by atoms with van der Waals surface area (Å²) in [5.74, 6) is -0.190. The van der Waals surface area contributed by atoms with E-state index in [0.29, 0.717) is 5.82 Å². The monoisotopic (exact) mass is 284 g/mol. The van der Waals surface area contributed by atoms with Crippen LogP contribution in [0.15, 0.2) is 30.6 Å². The lowest BCUT2D eigenvalue weighted by molar-refractivity contribution is -0.137. The lowest BCUT2D eigenvalue weighted by Gasteiger charge is -2.12. The highest BCUT2D eigenvalue weighted by Gasteiger charge is 2.31. The van der Waals surface area contributed by atoms with Crippen LogP contribution in [0.3, 0.4) is 0 Å². The fourth-order valence-corrected chi connectivity index (χ4v) is 1.61. The lowest BCUT2D eigenvalue weighted by atomic mass is 10.1. The number of hydrogen-bond acceptors (Lipinski definition) is 3. The first-order valence-electron chi connectivity index (χ1n) is 5.71. The molecule has 20 heavy (non-hydrogen) atoms. The molecule has 0 saturated heterocycles. The van der Waals surface area contributed by atoms with Crippen LogP contribution in [0, 0.1) is 0 Å². The van der Waals surface area contributed by atoms with E-state index in [1.165, 1.54) is 18.5 Å². The Morgan fingerprint density at radius 3 is 2.75 bits per heavy atom. The molecule has 2 aromatic rings. The number of alkyl halides is 3. The van der Waals surface area contributed by atoms with Crippen molar-refractivity contribution in [3.8, 4) is 0 Å². The quantitative estimate of drug-likeness (QED) is 0.908. The van der Waals surface area contributed by atoms with Crippen LogP contribution in [0.5, 0.6) is 0 Å². The van der Waals surface area contributed by atoms with Gasteiger partial charge in [-0.1, -0.05) is 6.07 Å². The SMILES string of the molecule is CC(NC(=O)c1cccc(C(F)(F)F)c1)c1ncn[nH]1. The molecule has 0 fully saturated rings. The molecule has 0 aliphatic carbocycles. The van der Waals surface area contributed by atoms with E-state index in [9.17, 15) is 18.0 Å². The minimum Gasteiger partial charge on any atom is -0.342 e. The van der Waals surface area contributed by atoms with Gasteiger partial charge in [0.1, 0.15) is 12.2 Å². The summed E-state index contributed by atoms with van der Waals surface area (Å²) in [6, 6.07) is 3.74. The van der Waals surface area contributed by atoms with Gasteiger partial charge >= 0.3 is 6.18 Å². The Bertz CT molecular complexity index is 595. The lowest BCUT2D eigenvalue weighted by Crippen LogP contribution is -2.27. The number of carbonyl (C=O) groups is 1. The summed E-state index contributed by atoms with van der Waals surface area (Å²) in [6.45, 7) is 1.64. The molecule has 106 valence electrons. The highest BCUT2D eigenvalue weighted by atomic mass is 19.4. The van der Waals surface area contributed by atoms with Crippen LogP contribution < -0.4 is 5.32 Å². The van der Waals surface area contributed by atoms with Gasteiger partial charge in [0.05, 0.1) is 11.6 Å². The highest BCUT2D eigenvalue weighted by Crippen LogP contribution is 2.29. The Hall–Kier alpha value is -2.38. The number of nitrogens with one attached hydrogen (secondary N) is 2. The van der Waals surface area contributed by atoms with Crippen LogP contribution >= 0.6 is 0 Å². The molecule has 0 bridgehead atoms. The van der Waals surface area contributed by atoms with Gasteiger partial charge in [-0.3, -0.25) is 9.89 Å². The largest absolute Gasteiger partial charge is 0.416 e. The number of halogens is 3. The molecule has 1 heterocycles. The normalized spacial score (nSPS) is 13.0. The van der Waals surface area contributed by atoms with Crippen molar-refractivity contribution in [3.63, 3.8) is 0 Å². The van der Waals surface area contributed by atoms with Crippen LogP contribution in [-0.2, 0) is 6.18 Å². The van der Waals surface area contributed by atoms with Crippen molar-refractivity contribution in [2.45, 2.75) is 19.1 Å². The second-order valence-corrected chi connectivity index (χ2v) is 4.14. The minimum atomic E-state index is -4.48. The second kappa shape index (κ2) is 5.32. The van der Waals surface area contributed by atoms with Gasteiger partial charge in [-0.05, 0) is 25.1 Å². The van der Waals surface area contributed by atoms with Gasteiger partial charge in [-0.25, -0.2) is 4.98 Å². The molecule has 1 unspecified atom stereocenters. The Balaban J connectivity index is 2.14. The summed E-state index contributed by atoms with van der Waals surface area (Å²) in [5, 5.41) is 8.74. The summed E-state index contributed by atoms with van der Waals surface area (Å²) >= 11 is 0. The smallest absolute Gasteiger partial charge is 0.342 e. The number of aromatic amines is 1. The topological polar surface area (TPSA) is 70.7 Å². The Morgan fingerprint density at radius 1 is 1.40 bits per heavy atom. The number of amides is 1. The molecule has 0 spiro atoms. The van der Waals surface area contributed by atoms with E-state index in [0.717, 1.165) is 12.1 Å². The van der Waals surface area contributed by atoms with Crippen LogP contribution in [-0.4, -0.2) is 21.1 Å². The van der Waals surface area contributed by atoms with E-state index in [4.69, 9.17) is 0 Å². The first kappa shape index (κ1) is 14.0. The first-order valence-corrected chi connectivity index (χ1v) is 5.71. The Morgan fingerprint density at radius 2 is 2.15 bits per heavy atom. The van der Waals surface area contributed by atoms with Gasteiger partial charge in [-0.15, -0.1) is 0 Å². The molecule has 2 N–H and O–H groups in total.